The molecule has 1 aliphatic rings. The molecule has 146 valence electrons. The molecule has 0 aromatic heterocycles. The number of carbonyl (C=O) groups is 1. The van der Waals surface area contributed by atoms with E-state index in [9.17, 15) is 13.9 Å². The SMILES string of the molecule is CCOP(=O)(OCC)C1(P(=O)(OCC)OCC)CC(C(=O)CC)N=N1. The van der Waals surface area contributed by atoms with Gasteiger partial charge in [-0.2, -0.15) is 10.2 Å². The molecule has 0 saturated carbocycles. The molecule has 25 heavy (non-hydrogen) atoms. The summed E-state index contributed by atoms with van der Waals surface area (Å²) in [7, 11) is -8.18. The van der Waals surface area contributed by atoms with Gasteiger partial charge in [0.15, 0.2) is 5.78 Å². The lowest BCUT2D eigenvalue weighted by Gasteiger charge is -2.36. The fourth-order valence-electron chi connectivity index (χ4n) is 2.57. The van der Waals surface area contributed by atoms with Crippen molar-refractivity contribution in [3.8, 4) is 0 Å². The summed E-state index contributed by atoms with van der Waals surface area (Å²) < 4.78 is 48.7. The molecule has 0 fully saturated rings. The number of hydrogen-bond donors (Lipinski definition) is 0. The normalized spacial score (nSPS) is 20.1. The van der Waals surface area contributed by atoms with Crippen LogP contribution in [-0.2, 0) is 32.0 Å². The molecule has 0 aromatic carbocycles. The van der Waals surface area contributed by atoms with Gasteiger partial charge < -0.3 is 18.1 Å². The van der Waals surface area contributed by atoms with E-state index in [1.807, 2.05) is 0 Å². The zero-order valence-corrected chi connectivity index (χ0v) is 17.3. The fourth-order valence-corrected chi connectivity index (χ4v) is 7.91. The molecule has 0 aliphatic carbocycles. The van der Waals surface area contributed by atoms with Crippen LogP contribution in [0.3, 0.4) is 0 Å². The van der Waals surface area contributed by atoms with Crippen molar-refractivity contribution in [2.24, 2.45) is 10.2 Å². The van der Waals surface area contributed by atoms with Gasteiger partial charge in [-0.1, -0.05) is 6.92 Å². The van der Waals surface area contributed by atoms with Crippen LogP contribution in [0.25, 0.3) is 0 Å². The Balaban J connectivity index is 3.52. The molecule has 1 heterocycles. The molecule has 1 unspecified atom stereocenters. The van der Waals surface area contributed by atoms with E-state index in [0.717, 1.165) is 0 Å². The van der Waals surface area contributed by atoms with Crippen LogP contribution >= 0.6 is 15.2 Å². The predicted octanol–water partition coefficient (Wildman–Crippen LogP) is 4.38. The quantitative estimate of drug-likeness (QED) is 0.448. The number of nitrogens with zero attached hydrogens (tertiary/aromatic N) is 2. The first-order valence-corrected chi connectivity index (χ1v) is 11.6. The van der Waals surface area contributed by atoms with E-state index in [2.05, 4.69) is 10.2 Å². The van der Waals surface area contributed by atoms with Crippen molar-refractivity contribution in [2.75, 3.05) is 26.4 Å². The van der Waals surface area contributed by atoms with Crippen LogP contribution in [-0.4, -0.2) is 43.3 Å². The summed E-state index contributed by atoms with van der Waals surface area (Å²) in [4.78, 5) is 12.1. The summed E-state index contributed by atoms with van der Waals surface area (Å²) in [6.07, 6.45) is 0.0230. The summed E-state index contributed by atoms with van der Waals surface area (Å²) in [6.45, 7) is 8.38. The van der Waals surface area contributed by atoms with Gasteiger partial charge in [0.25, 0.3) is 5.02 Å². The van der Waals surface area contributed by atoms with Crippen molar-refractivity contribution in [1.82, 2.24) is 0 Å². The third kappa shape index (κ3) is 4.29. The van der Waals surface area contributed by atoms with Crippen molar-refractivity contribution in [2.45, 2.75) is 58.5 Å². The molecule has 1 aliphatic heterocycles. The van der Waals surface area contributed by atoms with E-state index < -0.39 is 26.3 Å². The summed E-state index contributed by atoms with van der Waals surface area (Å²) in [5.74, 6) is -0.204. The Bertz CT molecular complexity index is 532. The van der Waals surface area contributed by atoms with Crippen molar-refractivity contribution in [3.63, 3.8) is 0 Å². The van der Waals surface area contributed by atoms with Crippen molar-refractivity contribution < 1.29 is 32.0 Å². The lowest BCUT2D eigenvalue weighted by molar-refractivity contribution is -0.119. The maximum Gasteiger partial charge on any atom is 0.372 e. The predicted molar refractivity (Wildman–Crippen MR) is 93.0 cm³/mol. The Labute approximate surface area is 148 Å². The molecule has 11 heteroatoms. The number of azo groups is 1. The number of hydrogen-bond acceptors (Lipinski definition) is 9. The van der Waals surface area contributed by atoms with E-state index in [4.69, 9.17) is 18.1 Å². The zero-order valence-electron chi connectivity index (χ0n) is 15.5. The lowest BCUT2D eigenvalue weighted by atomic mass is 10.1. The first-order valence-electron chi connectivity index (χ1n) is 8.52. The number of carbonyl (C=O) groups excluding carboxylic acids is 1. The second-order valence-corrected chi connectivity index (χ2v) is 10.1. The highest BCUT2D eigenvalue weighted by atomic mass is 31.2. The van der Waals surface area contributed by atoms with Gasteiger partial charge in [-0.3, -0.25) is 13.9 Å². The first-order chi connectivity index (χ1) is 11.8. The second kappa shape index (κ2) is 9.49. The van der Waals surface area contributed by atoms with Gasteiger partial charge in [0.05, 0.1) is 26.4 Å². The summed E-state index contributed by atoms with van der Waals surface area (Å²) in [6, 6.07) is -0.881. The minimum atomic E-state index is -4.09. The molecule has 9 nitrogen and oxygen atoms in total. The largest absolute Gasteiger partial charge is 0.372 e. The Morgan fingerprint density at radius 2 is 1.32 bits per heavy atom. The Morgan fingerprint density at radius 3 is 1.64 bits per heavy atom. The Morgan fingerprint density at radius 1 is 0.920 bits per heavy atom. The second-order valence-electron chi connectivity index (χ2n) is 5.20. The minimum absolute atomic E-state index is 0.0409. The van der Waals surface area contributed by atoms with Gasteiger partial charge in [-0.25, -0.2) is 0 Å². The van der Waals surface area contributed by atoms with Crippen LogP contribution < -0.4 is 0 Å². The van der Waals surface area contributed by atoms with Crippen LogP contribution in [0, 0.1) is 0 Å². The van der Waals surface area contributed by atoms with Gasteiger partial charge in [-0.05, 0) is 27.7 Å². The van der Waals surface area contributed by atoms with E-state index >= 15 is 0 Å². The number of Topliss-reactive ketones (excluding diaryl/α,β-unsaturated/α-hetero) is 1. The smallest absolute Gasteiger partial charge is 0.307 e. The van der Waals surface area contributed by atoms with E-state index in [1.165, 1.54) is 0 Å². The average Bonchev–Trinajstić information content (AvgIpc) is 3.03. The van der Waals surface area contributed by atoms with Crippen LogP contribution in [0.2, 0.25) is 0 Å². The van der Waals surface area contributed by atoms with Gasteiger partial charge in [0.2, 0.25) is 0 Å². The topological polar surface area (TPSA) is 113 Å². The monoisotopic (exact) mass is 398 g/mol. The van der Waals surface area contributed by atoms with E-state index in [1.54, 1.807) is 34.6 Å². The Hall–Kier alpha value is -0.430. The fraction of sp³-hybridized carbons (Fsp3) is 0.929. The molecule has 0 aromatic rings. The van der Waals surface area contributed by atoms with Crippen LogP contribution in [0.4, 0.5) is 0 Å². The third-order valence-electron chi connectivity index (χ3n) is 3.62. The van der Waals surface area contributed by atoms with Crippen LogP contribution in [0.1, 0.15) is 47.5 Å². The standard InChI is InChI=1S/C14H28N2O7P2/c1-6-13(17)12-11-14(16-15-12,24(18,20-7-2)21-8-3)25(19,22-9-4)23-10-5/h12H,6-11H2,1-5H3. The first kappa shape index (κ1) is 22.6. The molecule has 0 amide bonds. The summed E-state index contributed by atoms with van der Waals surface area (Å²) in [5.41, 5.74) is 0. The molecule has 1 atom stereocenters. The summed E-state index contributed by atoms with van der Waals surface area (Å²) in [5, 5.41) is 5.97. The maximum absolute atomic E-state index is 13.5. The van der Waals surface area contributed by atoms with Crippen LogP contribution in [0.5, 0.6) is 0 Å². The zero-order chi connectivity index (χ0) is 19.1. The molecule has 0 N–H and O–H groups in total. The van der Waals surface area contributed by atoms with Crippen molar-refractivity contribution >= 4 is 21.0 Å². The highest BCUT2D eigenvalue weighted by molar-refractivity contribution is 7.74. The highest BCUT2D eigenvalue weighted by Crippen LogP contribution is 2.81. The lowest BCUT2D eigenvalue weighted by Crippen LogP contribution is -2.32. The number of ketones is 1. The molecule has 0 spiro atoms. The Kier molecular flexibility index (Phi) is 8.58. The van der Waals surface area contributed by atoms with Crippen molar-refractivity contribution in [1.29, 1.82) is 0 Å². The van der Waals surface area contributed by atoms with Gasteiger partial charge in [0, 0.05) is 12.8 Å². The van der Waals surface area contributed by atoms with E-state index in [0.29, 0.717) is 0 Å². The average molecular weight is 398 g/mol. The minimum Gasteiger partial charge on any atom is -0.307 e. The van der Waals surface area contributed by atoms with Crippen molar-refractivity contribution in [3.05, 3.63) is 0 Å². The van der Waals surface area contributed by atoms with Gasteiger partial charge in [0.1, 0.15) is 6.04 Å². The highest BCUT2D eigenvalue weighted by Gasteiger charge is 2.69. The van der Waals surface area contributed by atoms with Gasteiger partial charge >= 0.3 is 15.2 Å². The molecule has 1 rings (SSSR count). The molecule has 0 saturated heterocycles. The molecular formula is C14H28N2O7P2. The number of rotatable bonds is 12. The summed E-state index contributed by atoms with van der Waals surface area (Å²) >= 11 is 0. The molecule has 0 radical (unpaired) electrons. The molecular weight excluding hydrogens is 370 g/mol. The van der Waals surface area contributed by atoms with E-state index in [-0.39, 0.29) is 45.1 Å². The molecule has 0 bridgehead atoms. The third-order valence-corrected chi connectivity index (χ3v) is 9.78. The van der Waals surface area contributed by atoms with Crippen LogP contribution in [0.15, 0.2) is 10.2 Å². The van der Waals surface area contributed by atoms with Gasteiger partial charge in [-0.15, -0.1) is 0 Å². The maximum atomic E-state index is 13.5.